The molecule has 1 saturated heterocycles. The molecular weight excluding hydrogens is 369 g/mol. The highest BCUT2D eigenvalue weighted by Crippen LogP contribution is 2.21. The number of hydrogen-bond donors (Lipinski definition) is 0. The second-order valence-corrected chi connectivity index (χ2v) is 7.28. The second-order valence-electron chi connectivity index (χ2n) is 6.87. The molecule has 1 amide bonds. The van der Waals surface area contributed by atoms with Crippen molar-refractivity contribution >= 4 is 17.5 Å². The van der Waals surface area contributed by atoms with Gasteiger partial charge in [-0.3, -0.25) is 14.5 Å². The van der Waals surface area contributed by atoms with Crippen molar-refractivity contribution in [1.29, 1.82) is 0 Å². The van der Waals surface area contributed by atoms with E-state index in [2.05, 4.69) is 4.90 Å². The molecule has 1 fully saturated rings. The molecule has 0 aliphatic carbocycles. The normalized spacial score (nSPS) is 15.6. The SMILES string of the molecule is Cc1ccc(C(=O)N2CCCN(Cc3c(F)cccc3Cl)CC2)c(=O)n1C. The molecular formula is C20H23ClFN3O2. The van der Waals surface area contributed by atoms with Crippen LogP contribution in [0.3, 0.4) is 0 Å². The lowest BCUT2D eigenvalue weighted by molar-refractivity contribution is 0.0758. The molecule has 1 aliphatic heterocycles. The van der Waals surface area contributed by atoms with E-state index in [0.29, 0.717) is 36.8 Å². The molecule has 3 rings (SSSR count). The van der Waals surface area contributed by atoms with Gasteiger partial charge in [-0.15, -0.1) is 0 Å². The Labute approximate surface area is 163 Å². The maximum atomic E-state index is 14.0. The van der Waals surface area contributed by atoms with Crippen molar-refractivity contribution in [3.63, 3.8) is 0 Å². The molecule has 0 radical (unpaired) electrons. The summed E-state index contributed by atoms with van der Waals surface area (Å²) in [7, 11) is 1.66. The van der Waals surface area contributed by atoms with Crippen LogP contribution in [0, 0.1) is 12.7 Å². The van der Waals surface area contributed by atoms with Crippen LogP contribution in [-0.4, -0.2) is 46.5 Å². The maximum Gasteiger partial charge on any atom is 0.263 e. The van der Waals surface area contributed by atoms with E-state index in [4.69, 9.17) is 11.6 Å². The maximum absolute atomic E-state index is 14.0. The van der Waals surface area contributed by atoms with E-state index in [1.54, 1.807) is 36.2 Å². The number of nitrogens with zero attached hydrogens (tertiary/aromatic N) is 3. The first-order valence-corrected chi connectivity index (χ1v) is 9.37. The monoisotopic (exact) mass is 391 g/mol. The van der Waals surface area contributed by atoms with Gasteiger partial charge in [0.05, 0.1) is 0 Å². The van der Waals surface area contributed by atoms with E-state index in [-0.39, 0.29) is 22.8 Å². The Bertz CT molecular complexity index is 892. The largest absolute Gasteiger partial charge is 0.337 e. The standard InChI is InChI=1S/C20H23ClFN3O2/c1-14-7-8-15(19(26)23(14)2)20(27)25-10-4-9-24(11-12-25)13-16-17(21)5-3-6-18(16)22/h3,5-8H,4,9-13H2,1-2H3. The Kier molecular flexibility index (Phi) is 5.97. The van der Waals surface area contributed by atoms with Gasteiger partial charge in [-0.25, -0.2) is 4.39 Å². The molecule has 0 spiro atoms. The van der Waals surface area contributed by atoms with Gasteiger partial charge in [0, 0.05) is 56.1 Å². The number of hydrogen-bond acceptors (Lipinski definition) is 3. The molecule has 0 bridgehead atoms. The van der Waals surface area contributed by atoms with Crippen LogP contribution < -0.4 is 5.56 Å². The summed E-state index contributed by atoms with van der Waals surface area (Å²) in [4.78, 5) is 29.0. The first-order valence-electron chi connectivity index (χ1n) is 8.99. The fourth-order valence-corrected chi connectivity index (χ4v) is 3.52. The molecule has 0 unspecified atom stereocenters. The van der Waals surface area contributed by atoms with Crippen LogP contribution >= 0.6 is 11.6 Å². The summed E-state index contributed by atoms with van der Waals surface area (Å²) in [6, 6.07) is 8.05. The highest BCUT2D eigenvalue weighted by atomic mass is 35.5. The zero-order valence-electron chi connectivity index (χ0n) is 15.5. The van der Waals surface area contributed by atoms with Gasteiger partial charge in [-0.05, 0) is 37.6 Å². The topological polar surface area (TPSA) is 45.6 Å². The number of aryl methyl sites for hydroxylation is 1. The summed E-state index contributed by atoms with van der Waals surface area (Å²) in [6.45, 7) is 4.62. The Morgan fingerprint density at radius 2 is 1.93 bits per heavy atom. The Morgan fingerprint density at radius 3 is 2.67 bits per heavy atom. The van der Waals surface area contributed by atoms with Crippen LogP contribution in [0.1, 0.15) is 28.0 Å². The minimum Gasteiger partial charge on any atom is -0.337 e. The minimum absolute atomic E-state index is 0.189. The molecule has 1 aromatic heterocycles. The average Bonchev–Trinajstić information content (AvgIpc) is 2.88. The van der Waals surface area contributed by atoms with E-state index in [0.717, 1.165) is 18.7 Å². The Hall–Kier alpha value is -2.18. The summed E-state index contributed by atoms with van der Waals surface area (Å²) in [6.07, 6.45) is 0.754. The van der Waals surface area contributed by atoms with Crippen molar-refractivity contribution in [2.45, 2.75) is 19.9 Å². The van der Waals surface area contributed by atoms with Gasteiger partial charge in [0.15, 0.2) is 0 Å². The van der Waals surface area contributed by atoms with Gasteiger partial charge in [-0.2, -0.15) is 0 Å². The number of carbonyl (C=O) groups is 1. The Morgan fingerprint density at radius 1 is 1.15 bits per heavy atom. The van der Waals surface area contributed by atoms with E-state index >= 15 is 0 Å². The summed E-state index contributed by atoms with van der Waals surface area (Å²) >= 11 is 6.13. The lowest BCUT2D eigenvalue weighted by Crippen LogP contribution is -2.39. The number of rotatable bonds is 3. The third-order valence-electron chi connectivity index (χ3n) is 5.10. The van der Waals surface area contributed by atoms with Crippen molar-refractivity contribution in [1.82, 2.24) is 14.4 Å². The second kappa shape index (κ2) is 8.23. The molecule has 0 atom stereocenters. The van der Waals surface area contributed by atoms with Gasteiger partial charge >= 0.3 is 0 Å². The van der Waals surface area contributed by atoms with Crippen LogP contribution in [0.2, 0.25) is 5.02 Å². The fourth-order valence-electron chi connectivity index (χ4n) is 3.30. The van der Waals surface area contributed by atoms with Gasteiger partial charge in [0.2, 0.25) is 0 Å². The molecule has 144 valence electrons. The quantitative estimate of drug-likeness (QED) is 0.808. The number of benzene rings is 1. The van der Waals surface area contributed by atoms with Crippen LogP contribution in [-0.2, 0) is 13.6 Å². The van der Waals surface area contributed by atoms with Crippen molar-refractivity contribution < 1.29 is 9.18 Å². The molecule has 2 aromatic rings. The van der Waals surface area contributed by atoms with Crippen LogP contribution in [0.4, 0.5) is 4.39 Å². The lowest BCUT2D eigenvalue weighted by atomic mass is 10.2. The van der Waals surface area contributed by atoms with E-state index < -0.39 is 0 Å². The van der Waals surface area contributed by atoms with Crippen LogP contribution in [0.5, 0.6) is 0 Å². The first kappa shape index (κ1) is 19.6. The van der Waals surface area contributed by atoms with E-state index in [1.165, 1.54) is 10.6 Å². The number of carbonyl (C=O) groups excluding carboxylic acids is 1. The first-order chi connectivity index (χ1) is 12.9. The molecule has 7 heteroatoms. The van der Waals surface area contributed by atoms with Crippen molar-refractivity contribution in [3.05, 3.63) is 68.3 Å². The summed E-state index contributed by atoms with van der Waals surface area (Å²) in [5.41, 5.74) is 1.19. The highest BCUT2D eigenvalue weighted by Gasteiger charge is 2.23. The number of aromatic nitrogens is 1. The van der Waals surface area contributed by atoms with Gasteiger partial charge in [-0.1, -0.05) is 17.7 Å². The van der Waals surface area contributed by atoms with Crippen molar-refractivity contribution in [3.8, 4) is 0 Å². The Balaban J connectivity index is 1.71. The molecule has 1 aromatic carbocycles. The molecule has 0 saturated carbocycles. The predicted molar refractivity (Wildman–Crippen MR) is 104 cm³/mol. The number of halogens is 2. The fraction of sp³-hybridized carbons (Fsp3) is 0.400. The van der Waals surface area contributed by atoms with E-state index in [9.17, 15) is 14.0 Å². The summed E-state index contributed by atoms with van der Waals surface area (Å²) in [5, 5.41) is 0.412. The third-order valence-corrected chi connectivity index (χ3v) is 5.46. The van der Waals surface area contributed by atoms with Crippen molar-refractivity contribution in [2.75, 3.05) is 26.2 Å². The third kappa shape index (κ3) is 4.22. The van der Waals surface area contributed by atoms with Gasteiger partial charge < -0.3 is 9.47 Å². The summed E-state index contributed by atoms with van der Waals surface area (Å²) in [5.74, 6) is -0.566. The minimum atomic E-state index is -0.317. The average molecular weight is 392 g/mol. The van der Waals surface area contributed by atoms with Crippen LogP contribution in [0.15, 0.2) is 35.1 Å². The number of pyridine rings is 1. The lowest BCUT2D eigenvalue weighted by Gasteiger charge is -2.22. The molecule has 5 nitrogen and oxygen atoms in total. The smallest absolute Gasteiger partial charge is 0.263 e. The molecule has 1 aliphatic rings. The van der Waals surface area contributed by atoms with Crippen LogP contribution in [0.25, 0.3) is 0 Å². The van der Waals surface area contributed by atoms with Gasteiger partial charge in [0.1, 0.15) is 11.4 Å². The zero-order valence-corrected chi connectivity index (χ0v) is 16.3. The summed E-state index contributed by atoms with van der Waals surface area (Å²) < 4.78 is 15.5. The molecule has 0 N–H and O–H groups in total. The van der Waals surface area contributed by atoms with Crippen molar-refractivity contribution in [2.24, 2.45) is 7.05 Å². The highest BCUT2D eigenvalue weighted by molar-refractivity contribution is 6.31. The van der Waals surface area contributed by atoms with E-state index in [1.807, 2.05) is 6.92 Å². The molecule has 2 heterocycles. The predicted octanol–water partition coefficient (Wildman–Crippen LogP) is 2.83. The molecule has 27 heavy (non-hydrogen) atoms. The number of amides is 1. The van der Waals surface area contributed by atoms with Gasteiger partial charge in [0.25, 0.3) is 11.5 Å². The zero-order chi connectivity index (χ0) is 19.6.